The molecule has 2 aromatic rings. The van der Waals surface area contributed by atoms with Crippen molar-refractivity contribution < 1.29 is 14.6 Å². The van der Waals surface area contributed by atoms with Gasteiger partial charge in [0.1, 0.15) is 12.4 Å². The van der Waals surface area contributed by atoms with E-state index in [9.17, 15) is 15.2 Å². The van der Waals surface area contributed by atoms with Gasteiger partial charge in [0.15, 0.2) is 5.82 Å². The second kappa shape index (κ2) is 7.29. The fraction of sp³-hybridized carbons (Fsp3) is 0.615. The van der Waals surface area contributed by atoms with Gasteiger partial charge in [-0.2, -0.15) is 10.1 Å². The molecule has 2 N–H and O–H groups in total. The van der Waals surface area contributed by atoms with Crippen LogP contribution in [0.25, 0.3) is 0 Å². The molecule has 10 nitrogen and oxygen atoms in total. The summed E-state index contributed by atoms with van der Waals surface area (Å²) in [6, 6.07) is -0.183. The Bertz CT molecular complexity index is 652. The van der Waals surface area contributed by atoms with Crippen LogP contribution in [0.3, 0.4) is 0 Å². The maximum atomic E-state index is 10.6. The first-order valence-electron chi connectivity index (χ1n) is 7.25. The standard InChI is InChI=1S/C13H20N6O4/c1-8(2)12(13-16-9(3)17-23-13)14-5-11(20)7-18-6-10(4-15-18)19(21)22/h4,6,8,11-12,14,20H,5,7H2,1-3H3. The molecule has 0 aliphatic rings. The minimum absolute atomic E-state index is 0.105. The van der Waals surface area contributed by atoms with E-state index in [-0.39, 0.29) is 30.7 Å². The normalized spacial score (nSPS) is 14.1. The molecule has 0 aliphatic heterocycles. The molecule has 2 unspecified atom stereocenters. The van der Waals surface area contributed by atoms with Gasteiger partial charge in [-0.3, -0.25) is 14.8 Å². The van der Waals surface area contributed by atoms with Crippen LogP contribution in [-0.2, 0) is 6.54 Å². The van der Waals surface area contributed by atoms with Crippen LogP contribution in [0.1, 0.15) is 31.6 Å². The van der Waals surface area contributed by atoms with Crippen LogP contribution in [0, 0.1) is 23.0 Å². The summed E-state index contributed by atoms with van der Waals surface area (Å²) in [6.45, 7) is 6.15. The summed E-state index contributed by atoms with van der Waals surface area (Å²) in [7, 11) is 0. The van der Waals surface area contributed by atoms with E-state index in [1.807, 2.05) is 13.8 Å². The smallest absolute Gasteiger partial charge is 0.306 e. The lowest BCUT2D eigenvalue weighted by Crippen LogP contribution is -2.35. The van der Waals surface area contributed by atoms with Gasteiger partial charge in [0.2, 0.25) is 5.89 Å². The van der Waals surface area contributed by atoms with Gasteiger partial charge in [0.25, 0.3) is 0 Å². The quantitative estimate of drug-likeness (QED) is 0.539. The highest BCUT2D eigenvalue weighted by molar-refractivity contribution is 5.20. The summed E-state index contributed by atoms with van der Waals surface area (Å²) in [5.41, 5.74) is -0.105. The highest BCUT2D eigenvalue weighted by atomic mass is 16.6. The van der Waals surface area contributed by atoms with Crippen LogP contribution in [0.2, 0.25) is 0 Å². The van der Waals surface area contributed by atoms with Gasteiger partial charge in [0.05, 0.1) is 23.6 Å². The Labute approximate surface area is 132 Å². The van der Waals surface area contributed by atoms with E-state index in [1.165, 1.54) is 10.9 Å². The number of nitro groups is 1. The average molecular weight is 324 g/mol. The number of rotatable bonds is 8. The van der Waals surface area contributed by atoms with Crippen molar-refractivity contribution in [3.05, 3.63) is 34.2 Å². The lowest BCUT2D eigenvalue weighted by Gasteiger charge is -2.20. The number of aliphatic hydroxyl groups excluding tert-OH is 1. The van der Waals surface area contributed by atoms with E-state index in [0.29, 0.717) is 11.7 Å². The van der Waals surface area contributed by atoms with Crippen molar-refractivity contribution >= 4 is 5.69 Å². The van der Waals surface area contributed by atoms with Gasteiger partial charge >= 0.3 is 5.69 Å². The van der Waals surface area contributed by atoms with Crippen LogP contribution in [0.5, 0.6) is 0 Å². The summed E-state index contributed by atoms with van der Waals surface area (Å²) in [5, 5.41) is 31.5. The Morgan fingerprint density at radius 2 is 2.26 bits per heavy atom. The first-order chi connectivity index (χ1) is 10.9. The van der Waals surface area contributed by atoms with Crippen molar-refractivity contribution in [1.82, 2.24) is 25.2 Å². The zero-order chi connectivity index (χ0) is 17.0. The fourth-order valence-electron chi connectivity index (χ4n) is 2.14. The molecule has 10 heteroatoms. The topological polar surface area (TPSA) is 132 Å². The highest BCUT2D eigenvalue weighted by Crippen LogP contribution is 2.19. The summed E-state index contributed by atoms with van der Waals surface area (Å²) in [6.07, 6.45) is 1.67. The molecule has 0 aromatic carbocycles. The van der Waals surface area contributed by atoms with Gasteiger partial charge in [-0.05, 0) is 12.8 Å². The van der Waals surface area contributed by atoms with Crippen molar-refractivity contribution in [2.75, 3.05) is 6.54 Å². The van der Waals surface area contributed by atoms with Crippen molar-refractivity contribution in [3.63, 3.8) is 0 Å². The van der Waals surface area contributed by atoms with E-state index < -0.39 is 11.0 Å². The molecular weight excluding hydrogens is 304 g/mol. The maximum Gasteiger partial charge on any atom is 0.306 e. The van der Waals surface area contributed by atoms with Crippen LogP contribution in [-0.4, -0.2) is 42.6 Å². The SMILES string of the molecule is Cc1noc(C(NCC(O)Cn2cc([N+](=O)[O-])cn2)C(C)C)n1. The molecule has 0 aliphatic carbocycles. The summed E-state index contributed by atoms with van der Waals surface area (Å²) >= 11 is 0. The summed E-state index contributed by atoms with van der Waals surface area (Å²) < 4.78 is 6.51. The van der Waals surface area contributed by atoms with E-state index in [2.05, 4.69) is 20.6 Å². The van der Waals surface area contributed by atoms with Gasteiger partial charge in [0, 0.05) is 6.54 Å². The van der Waals surface area contributed by atoms with Crippen LogP contribution in [0.15, 0.2) is 16.9 Å². The number of aryl methyl sites for hydroxylation is 1. The monoisotopic (exact) mass is 324 g/mol. The molecule has 2 aromatic heterocycles. The molecule has 0 amide bonds. The van der Waals surface area contributed by atoms with Crippen molar-refractivity contribution in [2.24, 2.45) is 5.92 Å². The maximum absolute atomic E-state index is 10.6. The number of nitrogens with zero attached hydrogens (tertiary/aromatic N) is 5. The predicted octanol–water partition coefficient (Wildman–Crippen LogP) is 0.831. The molecular formula is C13H20N6O4. The first kappa shape index (κ1) is 17.0. The van der Waals surface area contributed by atoms with Crippen LogP contribution < -0.4 is 5.32 Å². The van der Waals surface area contributed by atoms with Crippen molar-refractivity contribution in [2.45, 2.75) is 39.5 Å². The minimum atomic E-state index is -0.764. The molecule has 0 saturated carbocycles. The van der Waals surface area contributed by atoms with E-state index in [1.54, 1.807) is 6.92 Å². The molecule has 23 heavy (non-hydrogen) atoms. The largest absolute Gasteiger partial charge is 0.390 e. The average Bonchev–Trinajstić information content (AvgIpc) is 3.08. The Hall–Kier alpha value is -2.33. The number of nitrogens with one attached hydrogen (secondary N) is 1. The second-order valence-electron chi connectivity index (χ2n) is 5.64. The Morgan fingerprint density at radius 1 is 1.52 bits per heavy atom. The Balaban J connectivity index is 1.90. The zero-order valence-corrected chi connectivity index (χ0v) is 13.2. The van der Waals surface area contributed by atoms with Crippen LogP contribution in [0.4, 0.5) is 5.69 Å². The fourth-order valence-corrected chi connectivity index (χ4v) is 2.14. The number of aliphatic hydroxyl groups is 1. The number of hydrogen-bond donors (Lipinski definition) is 2. The summed E-state index contributed by atoms with van der Waals surface area (Å²) in [4.78, 5) is 14.3. The van der Waals surface area contributed by atoms with Gasteiger partial charge in [-0.1, -0.05) is 19.0 Å². The van der Waals surface area contributed by atoms with Gasteiger partial charge in [-0.25, -0.2) is 0 Å². The molecule has 0 radical (unpaired) electrons. The number of hydrogen-bond acceptors (Lipinski definition) is 8. The molecule has 2 rings (SSSR count). The third-order valence-corrected chi connectivity index (χ3v) is 3.28. The number of aromatic nitrogens is 4. The molecule has 0 bridgehead atoms. The molecule has 0 spiro atoms. The minimum Gasteiger partial charge on any atom is -0.390 e. The van der Waals surface area contributed by atoms with Crippen molar-refractivity contribution in [3.8, 4) is 0 Å². The second-order valence-corrected chi connectivity index (χ2v) is 5.64. The lowest BCUT2D eigenvalue weighted by atomic mass is 10.0. The molecule has 126 valence electrons. The van der Waals surface area contributed by atoms with Crippen LogP contribution >= 0.6 is 0 Å². The first-order valence-corrected chi connectivity index (χ1v) is 7.25. The molecule has 2 heterocycles. The van der Waals surface area contributed by atoms with E-state index >= 15 is 0 Å². The highest BCUT2D eigenvalue weighted by Gasteiger charge is 2.22. The summed E-state index contributed by atoms with van der Waals surface area (Å²) in [5.74, 6) is 1.21. The van der Waals surface area contributed by atoms with E-state index in [0.717, 1.165) is 6.20 Å². The Morgan fingerprint density at radius 3 is 2.78 bits per heavy atom. The third-order valence-electron chi connectivity index (χ3n) is 3.28. The van der Waals surface area contributed by atoms with Crippen molar-refractivity contribution in [1.29, 1.82) is 0 Å². The zero-order valence-electron chi connectivity index (χ0n) is 13.2. The van der Waals surface area contributed by atoms with E-state index in [4.69, 9.17) is 4.52 Å². The molecule has 0 saturated heterocycles. The predicted molar refractivity (Wildman–Crippen MR) is 79.5 cm³/mol. The molecule has 2 atom stereocenters. The van der Waals surface area contributed by atoms with Gasteiger partial charge < -0.3 is 14.9 Å². The lowest BCUT2D eigenvalue weighted by molar-refractivity contribution is -0.385. The van der Waals surface area contributed by atoms with Gasteiger partial charge in [-0.15, -0.1) is 0 Å². The third kappa shape index (κ3) is 4.57. The molecule has 0 fully saturated rings. The Kier molecular flexibility index (Phi) is 5.40.